The SMILES string of the molecule is CB(OC(C)(C)C(C)(C)C)c1cccc2c1C1(c3ccccc3-c3ccccc31)c1ccccc1C21C2=C(CCC=C2)c2ccccc21.CC. The van der Waals surface area contributed by atoms with Crippen LogP contribution in [-0.2, 0) is 15.5 Å². The summed E-state index contributed by atoms with van der Waals surface area (Å²) in [5.41, 5.74) is 16.7. The van der Waals surface area contributed by atoms with E-state index in [2.05, 4.69) is 169 Å². The largest absolute Gasteiger partial charge is 0.426 e. The van der Waals surface area contributed by atoms with Gasteiger partial charge in [0.05, 0.1) is 16.4 Å². The van der Waals surface area contributed by atoms with Crippen LogP contribution in [0.3, 0.4) is 0 Å². The van der Waals surface area contributed by atoms with E-state index in [0.29, 0.717) is 0 Å². The van der Waals surface area contributed by atoms with Crippen molar-refractivity contribution in [3.05, 3.63) is 177 Å². The van der Waals surface area contributed by atoms with Crippen molar-refractivity contribution < 1.29 is 4.65 Å². The Balaban J connectivity index is 0.00000177. The van der Waals surface area contributed by atoms with E-state index in [0.717, 1.165) is 12.8 Å². The molecule has 2 heteroatoms. The first kappa shape index (κ1) is 32.8. The molecule has 250 valence electrons. The van der Waals surface area contributed by atoms with Crippen molar-refractivity contribution >= 4 is 18.0 Å². The predicted octanol–water partition coefficient (Wildman–Crippen LogP) is 11.5. The molecule has 9 rings (SSSR count). The summed E-state index contributed by atoms with van der Waals surface area (Å²) in [6, 6.07) is 44.1. The number of fused-ring (bicyclic) bond motifs is 15. The molecule has 1 unspecified atom stereocenters. The predicted molar refractivity (Wildman–Crippen MR) is 213 cm³/mol. The van der Waals surface area contributed by atoms with Gasteiger partial charge in [0, 0.05) is 0 Å². The van der Waals surface area contributed by atoms with Crippen LogP contribution >= 0.6 is 0 Å². The normalized spacial score (nSPS) is 18.8. The zero-order valence-corrected chi connectivity index (χ0v) is 31.0. The minimum Gasteiger partial charge on any atom is -0.426 e. The van der Waals surface area contributed by atoms with Gasteiger partial charge >= 0.3 is 6.92 Å². The molecule has 0 saturated carbocycles. The zero-order chi connectivity index (χ0) is 35.1. The maximum absolute atomic E-state index is 7.22. The van der Waals surface area contributed by atoms with E-state index in [1.165, 1.54) is 72.2 Å². The van der Waals surface area contributed by atoms with Crippen LogP contribution in [0.15, 0.2) is 133 Å². The molecule has 4 aliphatic rings. The van der Waals surface area contributed by atoms with Crippen LogP contribution in [0.5, 0.6) is 0 Å². The monoisotopic (exact) mass is 652 g/mol. The quantitative estimate of drug-likeness (QED) is 0.173. The molecular formula is C48H49BO. The van der Waals surface area contributed by atoms with Gasteiger partial charge in [-0.05, 0) is 104 Å². The molecule has 0 saturated heterocycles. The molecule has 0 bridgehead atoms. The third-order valence-electron chi connectivity index (χ3n) is 12.5. The highest BCUT2D eigenvalue weighted by Crippen LogP contribution is 2.67. The van der Waals surface area contributed by atoms with E-state index in [4.69, 9.17) is 4.65 Å². The molecule has 0 amide bonds. The maximum Gasteiger partial charge on any atom is 0.324 e. The summed E-state index contributed by atoms with van der Waals surface area (Å²) < 4.78 is 7.22. The van der Waals surface area contributed by atoms with E-state index in [1.807, 2.05) is 13.8 Å². The van der Waals surface area contributed by atoms with Gasteiger partial charge in [0.1, 0.15) is 0 Å². The van der Waals surface area contributed by atoms with Gasteiger partial charge in [-0.2, -0.15) is 0 Å². The van der Waals surface area contributed by atoms with Crippen LogP contribution in [0, 0.1) is 5.41 Å². The highest BCUT2D eigenvalue weighted by molar-refractivity contribution is 6.67. The summed E-state index contributed by atoms with van der Waals surface area (Å²) >= 11 is 0. The molecule has 0 N–H and O–H groups in total. The molecule has 0 aliphatic heterocycles. The van der Waals surface area contributed by atoms with Crippen LogP contribution in [0.2, 0.25) is 6.82 Å². The number of benzene rings is 5. The van der Waals surface area contributed by atoms with Gasteiger partial charge in [0.25, 0.3) is 0 Å². The molecule has 4 aliphatic carbocycles. The first-order valence-electron chi connectivity index (χ1n) is 18.7. The Hall–Kier alpha value is -4.40. The van der Waals surface area contributed by atoms with Crippen molar-refractivity contribution in [2.75, 3.05) is 0 Å². The van der Waals surface area contributed by atoms with Crippen LogP contribution in [0.4, 0.5) is 0 Å². The fraction of sp³-hybridized carbons (Fsp3) is 0.292. The fourth-order valence-electron chi connectivity index (χ4n) is 9.63. The van der Waals surface area contributed by atoms with E-state index in [-0.39, 0.29) is 17.9 Å². The Morgan fingerprint density at radius 2 is 1.04 bits per heavy atom. The van der Waals surface area contributed by atoms with Gasteiger partial charge in [-0.15, -0.1) is 0 Å². The second-order valence-corrected chi connectivity index (χ2v) is 15.8. The average molecular weight is 653 g/mol. The minimum absolute atomic E-state index is 0.0365. The molecule has 0 heterocycles. The Labute approximate surface area is 300 Å². The Morgan fingerprint density at radius 3 is 1.62 bits per heavy atom. The molecule has 50 heavy (non-hydrogen) atoms. The number of rotatable bonds is 3. The van der Waals surface area contributed by atoms with Crippen LogP contribution in [0.1, 0.15) is 106 Å². The zero-order valence-electron chi connectivity index (χ0n) is 31.0. The Morgan fingerprint density at radius 1 is 0.560 bits per heavy atom. The Kier molecular flexibility index (Phi) is 7.59. The molecule has 5 aromatic rings. The number of hydrogen-bond acceptors (Lipinski definition) is 1. The third kappa shape index (κ3) is 4.12. The lowest BCUT2D eigenvalue weighted by Crippen LogP contribution is -2.52. The smallest absolute Gasteiger partial charge is 0.324 e. The highest BCUT2D eigenvalue weighted by Gasteiger charge is 2.60. The van der Waals surface area contributed by atoms with Crippen molar-refractivity contribution in [3.63, 3.8) is 0 Å². The van der Waals surface area contributed by atoms with Gasteiger partial charge < -0.3 is 4.65 Å². The molecular weight excluding hydrogens is 603 g/mol. The second-order valence-electron chi connectivity index (χ2n) is 15.8. The lowest BCUT2D eigenvalue weighted by Gasteiger charge is -2.51. The first-order valence-corrected chi connectivity index (χ1v) is 18.7. The lowest BCUT2D eigenvalue weighted by atomic mass is 9.47. The van der Waals surface area contributed by atoms with Gasteiger partial charge in [0.2, 0.25) is 0 Å². The van der Waals surface area contributed by atoms with Gasteiger partial charge in [0.15, 0.2) is 0 Å². The summed E-state index contributed by atoms with van der Waals surface area (Å²) in [7, 11) is 0. The minimum atomic E-state index is -0.499. The molecule has 1 atom stereocenters. The van der Waals surface area contributed by atoms with Crippen molar-refractivity contribution in [2.24, 2.45) is 5.41 Å². The molecule has 0 fully saturated rings. The van der Waals surface area contributed by atoms with Gasteiger partial charge in [-0.3, -0.25) is 0 Å². The summed E-state index contributed by atoms with van der Waals surface area (Å²) in [4.78, 5) is 0. The number of allylic oxidation sites excluding steroid dienone is 4. The maximum atomic E-state index is 7.22. The number of hydrogen-bond donors (Lipinski definition) is 0. The summed E-state index contributed by atoms with van der Waals surface area (Å²) in [6.07, 6.45) is 7.01. The first-order chi connectivity index (χ1) is 24.1. The van der Waals surface area contributed by atoms with E-state index in [1.54, 1.807) is 0 Å². The topological polar surface area (TPSA) is 9.23 Å². The third-order valence-corrected chi connectivity index (χ3v) is 12.5. The molecule has 0 aromatic heterocycles. The molecule has 1 nitrogen and oxygen atoms in total. The highest BCUT2D eigenvalue weighted by atomic mass is 16.5. The standard InChI is InChI=1S/C46H43BO.C2H6/c1-43(2,3)44(4,5)48-47(6)41-29-17-28-40-42(41)46(36-24-13-9-20-32(36)33-21-10-14-25-37(33)46)39-27-16-15-26-38(39)45(40)34-22-11-7-18-30(34)31-19-8-12-23-35(31)45;1-2/h7,9-18,20-29H,8,19H2,1-6H3;1-2H3. The van der Waals surface area contributed by atoms with E-state index >= 15 is 0 Å². The van der Waals surface area contributed by atoms with Crippen LogP contribution < -0.4 is 5.46 Å². The van der Waals surface area contributed by atoms with Crippen LogP contribution in [-0.4, -0.2) is 12.5 Å². The van der Waals surface area contributed by atoms with Crippen molar-refractivity contribution in [3.8, 4) is 11.1 Å². The summed E-state index contributed by atoms with van der Waals surface area (Å²) in [6.45, 7) is 17.5. The molecule has 0 radical (unpaired) electrons. The molecule has 2 spiro atoms. The van der Waals surface area contributed by atoms with Crippen LogP contribution in [0.25, 0.3) is 16.7 Å². The summed E-state index contributed by atoms with van der Waals surface area (Å²) in [5, 5.41) is 0. The second kappa shape index (κ2) is 11.6. The Bertz CT molecular complexity index is 2160. The van der Waals surface area contributed by atoms with Crippen molar-refractivity contribution in [2.45, 2.75) is 84.6 Å². The van der Waals surface area contributed by atoms with Crippen molar-refractivity contribution in [1.29, 1.82) is 0 Å². The van der Waals surface area contributed by atoms with Crippen molar-refractivity contribution in [1.82, 2.24) is 0 Å². The fourth-order valence-corrected chi connectivity index (χ4v) is 9.63. The van der Waals surface area contributed by atoms with E-state index in [9.17, 15) is 0 Å². The lowest BCUT2D eigenvalue weighted by molar-refractivity contribution is 0.000406. The van der Waals surface area contributed by atoms with E-state index < -0.39 is 10.8 Å². The summed E-state index contributed by atoms with van der Waals surface area (Å²) in [5.74, 6) is 0. The molecule has 5 aromatic carbocycles. The average Bonchev–Trinajstić information content (AvgIpc) is 3.60. The van der Waals surface area contributed by atoms with Gasteiger partial charge in [-0.25, -0.2) is 0 Å². The van der Waals surface area contributed by atoms with Gasteiger partial charge in [-0.1, -0.05) is 169 Å².